The van der Waals surface area contributed by atoms with Gasteiger partial charge in [-0.1, -0.05) is 13.3 Å². The zero-order chi connectivity index (χ0) is 15.8. The summed E-state index contributed by atoms with van der Waals surface area (Å²) < 4.78 is 0.803. The van der Waals surface area contributed by atoms with Crippen molar-refractivity contribution in [1.82, 2.24) is 25.7 Å². The fourth-order valence-corrected chi connectivity index (χ4v) is 1.67. The van der Waals surface area contributed by atoms with Crippen molar-refractivity contribution in [3.63, 3.8) is 0 Å². The Morgan fingerprint density at radius 2 is 2.10 bits per heavy atom. The Labute approximate surface area is 126 Å². The van der Waals surface area contributed by atoms with E-state index >= 15 is 0 Å². The zero-order valence-electron chi connectivity index (χ0n) is 12.0. The lowest BCUT2D eigenvalue weighted by molar-refractivity contribution is -0.122. The Morgan fingerprint density at radius 3 is 2.71 bits per heavy atom. The van der Waals surface area contributed by atoms with Crippen LogP contribution in [0.4, 0.5) is 0 Å². The highest BCUT2D eigenvalue weighted by Crippen LogP contribution is 1.82. The molecule has 0 aliphatic carbocycles. The van der Waals surface area contributed by atoms with Crippen molar-refractivity contribution in [2.45, 2.75) is 33.2 Å². The quantitative estimate of drug-likeness (QED) is 0.320. The van der Waals surface area contributed by atoms with Crippen molar-refractivity contribution < 1.29 is 4.79 Å². The van der Waals surface area contributed by atoms with Crippen LogP contribution in [0.15, 0.2) is 15.7 Å². The van der Waals surface area contributed by atoms with E-state index in [9.17, 15) is 14.4 Å². The van der Waals surface area contributed by atoms with Crippen LogP contribution in [-0.2, 0) is 11.3 Å². The van der Waals surface area contributed by atoms with Crippen molar-refractivity contribution in [2.75, 3.05) is 6.54 Å². The molecule has 0 saturated carbocycles. The number of hydrogen-bond acceptors (Lipinski definition) is 4. The third kappa shape index (κ3) is 5.78. The lowest BCUT2D eigenvalue weighted by Crippen LogP contribution is -2.49. The van der Waals surface area contributed by atoms with Gasteiger partial charge in [0.2, 0.25) is 0 Å². The fraction of sp³-hybridized carbons (Fsp3) is 0.500. The molecule has 0 bridgehead atoms. The van der Waals surface area contributed by atoms with Gasteiger partial charge in [0, 0.05) is 18.3 Å². The van der Waals surface area contributed by atoms with Crippen LogP contribution in [0.25, 0.3) is 0 Å². The number of aromatic nitrogens is 2. The van der Waals surface area contributed by atoms with Crippen molar-refractivity contribution >= 4 is 23.2 Å². The second kappa shape index (κ2) is 8.20. The van der Waals surface area contributed by atoms with E-state index in [1.807, 2.05) is 0 Å². The molecule has 0 aromatic carbocycles. The first-order valence-electron chi connectivity index (χ1n) is 6.57. The first-order valence-corrected chi connectivity index (χ1v) is 6.98. The average Bonchev–Trinajstić information content (AvgIpc) is 2.41. The maximum atomic E-state index is 11.7. The fourth-order valence-electron chi connectivity index (χ4n) is 1.52. The van der Waals surface area contributed by atoms with Gasteiger partial charge in [0.05, 0.1) is 0 Å². The van der Waals surface area contributed by atoms with Crippen LogP contribution >= 0.6 is 12.2 Å². The molecule has 0 spiro atoms. The number of carbonyl (C=O) groups excluding carboxylic acids is 1. The number of H-pyrrole nitrogens is 1. The molecule has 9 heteroatoms. The van der Waals surface area contributed by atoms with Crippen LogP contribution < -0.4 is 27.4 Å². The molecular formula is C12H19N5O3S. The number of thiocarbonyl (C=S) groups is 1. The highest BCUT2D eigenvalue weighted by Gasteiger charge is 2.08. The third-order valence-corrected chi connectivity index (χ3v) is 2.83. The number of unbranched alkanes of at least 4 members (excludes halogenated alkanes) is 1. The number of carbonyl (C=O) groups is 1. The number of hydrazine groups is 1. The molecule has 0 fully saturated rings. The minimum absolute atomic E-state index is 0.280. The van der Waals surface area contributed by atoms with E-state index in [1.54, 1.807) is 6.92 Å². The van der Waals surface area contributed by atoms with Gasteiger partial charge in [-0.3, -0.25) is 25.0 Å². The third-order valence-electron chi connectivity index (χ3n) is 2.59. The van der Waals surface area contributed by atoms with Crippen LogP contribution in [-0.4, -0.2) is 27.1 Å². The molecule has 1 aromatic heterocycles. The number of hydrogen-bond donors (Lipinski definition) is 4. The van der Waals surface area contributed by atoms with E-state index in [1.165, 1.54) is 6.07 Å². The van der Waals surface area contributed by atoms with Gasteiger partial charge < -0.3 is 10.3 Å². The molecule has 1 amide bonds. The maximum Gasteiger partial charge on any atom is 0.329 e. The van der Waals surface area contributed by atoms with Crippen molar-refractivity contribution in [3.05, 3.63) is 32.6 Å². The molecule has 0 unspecified atom stereocenters. The molecule has 1 heterocycles. The van der Waals surface area contributed by atoms with Gasteiger partial charge in [0.1, 0.15) is 6.54 Å². The van der Waals surface area contributed by atoms with E-state index in [0.717, 1.165) is 17.4 Å². The van der Waals surface area contributed by atoms with Crippen LogP contribution in [0.2, 0.25) is 0 Å². The Balaban J connectivity index is 2.50. The molecule has 0 aliphatic rings. The van der Waals surface area contributed by atoms with Crippen molar-refractivity contribution in [1.29, 1.82) is 0 Å². The highest BCUT2D eigenvalue weighted by molar-refractivity contribution is 7.80. The summed E-state index contributed by atoms with van der Waals surface area (Å²) >= 11 is 4.95. The summed E-state index contributed by atoms with van der Waals surface area (Å²) in [5.74, 6) is -0.550. The molecule has 4 N–H and O–H groups in total. The highest BCUT2D eigenvalue weighted by atomic mass is 32.1. The Bertz CT molecular complexity index is 591. The van der Waals surface area contributed by atoms with Crippen LogP contribution in [0.3, 0.4) is 0 Å². The zero-order valence-corrected chi connectivity index (χ0v) is 12.8. The monoisotopic (exact) mass is 313 g/mol. The second-order valence-electron chi connectivity index (χ2n) is 4.46. The van der Waals surface area contributed by atoms with E-state index in [-0.39, 0.29) is 11.7 Å². The number of amides is 1. The van der Waals surface area contributed by atoms with Crippen LogP contribution in [0, 0.1) is 6.92 Å². The largest absolute Gasteiger partial charge is 0.361 e. The van der Waals surface area contributed by atoms with Crippen LogP contribution in [0.1, 0.15) is 25.5 Å². The number of nitrogens with one attached hydrogen (secondary N) is 4. The Hall–Kier alpha value is -2.16. The van der Waals surface area contributed by atoms with Gasteiger partial charge in [-0.2, -0.15) is 0 Å². The van der Waals surface area contributed by atoms with Gasteiger partial charge in [0.25, 0.3) is 11.5 Å². The molecule has 0 saturated heterocycles. The normalized spacial score (nSPS) is 10.0. The molecule has 0 radical (unpaired) electrons. The summed E-state index contributed by atoms with van der Waals surface area (Å²) in [6, 6.07) is 1.25. The average molecular weight is 313 g/mol. The predicted molar refractivity (Wildman–Crippen MR) is 82.8 cm³/mol. The summed E-state index contributed by atoms with van der Waals surface area (Å²) in [6.45, 7) is 3.96. The first kappa shape index (κ1) is 16.9. The Morgan fingerprint density at radius 1 is 1.38 bits per heavy atom. The van der Waals surface area contributed by atoms with Crippen LogP contribution in [0.5, 0.6) is 0 Å². The van der Waals surface area contributed by atoms with Crippen molar-refractivity contribution in [3.8, 4) is 0 Å². The Kier molecular flexibility index (Phi) is 6.60. The lowest BCUT2D eigenvalue weighted by atomic mass is 10.3. The van der Waals surface area contributed by atoms with Gasteiger partial charge in [-0.05, 0) is 25.6 Å². The SMILES string of the molecule is CCCCNC(=S)NNC(=O)Cn1c(=O)cc(C)[nH]c1=O. The predicted octanol–water partition coefficient (Wildman–Crippen LogP) is -0.860. The lowest BCUT2D eigenvalue weighted by Gasteiger charge is -2.11. The first-order chi connectivity index (χ1) is 9.93. The smallest absolute Gasteiger partial charge is 0.329 e. The maximum absolute atomic E-state index is 11.7. The molecular weight excluding hydrogens is 294 g/mol. The van der Waals surface area contributed by atoms with E-state index in [4.69, 9.17) is 12.2 Å². The summed E-state index contributed by atoms with van der Waals surface area (Å²) in [5.41, 5.74) is 4.11. The molecule has 1 aromatic rings. The van der Waals surface area contributed by atoms with E-state index in [0.29, 0.717) is 12.2 Å². The summed E-state index contributed by atoms with van der Waals surface area (Å²) in [5, 5.41) is 3.18. The number of aromatic amines is 1. The summed E-state index contributed by atoms with van der Waals surface area (Å²) in [7, 11) is 0. The van der Waals surface area contributed by atoms with E-state index in [2.05, 4.69) is 28.1 Å². The molecule has 0 atom stereocenters. The van der Waals surface area contributed by atoms with Gasteiger partial charge >= 0.3 is 5.69 Å². The minimum Gasteiger partial charge on any atom is -0.361 e. The van der Waals surface area contributed by atoms with Gasteiger partial charge in [0.15, 0.2) is 5.11 Å². The summed E-state index contributed by atoms with van der Waals surface area (Å²) in [4.78, 5) is 37.3. The summed E-state index contributed by atoms with van der Waals surface area (Å²) in [6.07, 6.45) is 1.99. The molecule has 8 nitrogen and oxygen atoms in total. The molecule has 116 valence electrons. The van der Waals surface area contributed by atoms with Gasteiger partial charge in [-0.15, -0.1) is 0 Å². The standard InChI is InChI=1S/C12H19N5O3S/c1-3-4-5-13-11(21)16-15-9(18)7-17-10(19)6-8(2)14-12(17)20/h6H,3-5,7H2,1-2H3,(H,14,20)(H,15,18)(H2,13,16,21). The van der Waals surface area contributed by atoms with Gasteiger partial charge in [-0.25, -0.2) is 4.79 Å². The molecule has 1 rings (SSSR count). The number of nitrogens with zero attached hydrogens (tertiary/aromatic N) is 1. The van der Waals surface area contributed by atoms with Crippen molar-refractivity contribution in [2.24, 2.45) is 0 Å². The second-order valence-corrected chi connectivity index (χ2v) is 4.87. The topological polar surface area (TPSA) is 108 Å². The van der Waals surface area contributed by atoms with E-state index < -0.39 is 17.2 Å². The molecule has 21 heavy (non-hydrogen) atoms. The minimum atomic E-state index is -0.626. The number of aryl methyl sites for hydroxylation is 1. The molecule has 0 aliphatic heterocycles. The number of rotatable bonds is 5.